The van der Waals surface area contributed by atoms with Crippen LogP contribution in [0.1, 0.15) is 25.7 Å². The SMILES string of the molecule is FC1[C@H]2CCCC[C@H]12. The van der Waals surface area contributed by atoms with Gasteiger partial charge in [0.1, 0.15) is 6.17 Å². The van der Waals surface area contributed by atoms with Crippen LogP contribution in [0.5, 0.6) is 0 Å². The van der Waals surface area contributed by atoms with Gasteiger partial charge in [0.05, 0.1) is 0 Å². The lowest BCUT2D eigenvalue weighted by Gasteiger charge is -2.03. The average molecular weight is 114 g/mol. The summed E-state index contributed by atoms with van der Waals surface area (Å²) in [7, 11) is 0. The molecule has 2 saturated carbocycles. The highest BCUT2D eigenvalue weighted by molar-refractivity contribution is 4.99. The van der Waals surface area contributed by atoms with E-state index in [1.54, 1.807) is 0 Å². The van der Waals surface area contributed by atoms with Gasteiger partial charge in [0.15, 0.2) is 0 Å². The van der Waals surface area contributed by atoms with Gasteiger partial charge in [0.2, 0.25) is 0 Å². The normalized spacial score (nSPS) is 52.9. The highest BCUT2D eigenvalue weighted by Gasteiger charge is 2.51. The maximum atomic E-state index is 12.5. The van der Waals surface area contributed by atoms with Gasteiger partial charge in [0.25, 0.3) is 0 Å². The summed E-state index contributed by atoms with van der Waals surface area (Å²) in [5, 5.41) is 0. The Hall–Kier alpha value is -0.0700. The van der Waals surface area contributed by atoms with Crippen LogP contribution in [0, 0.1) is 11.8 Å². The summed E-state index contributed by atoms with van der Waals surface area (Å²) in [6.07, 6.45) is 4.51. The van der Waals surface area contributed by atoms with Crippen LogP contribution in [-0.2, 0) is 0 Å². The lowest BCUT2D eigenvalue weighted by atomic mass is 10.0. The van der Waals surface area contributed by atoms with E-state index in [0.29, 0.717) is 11.8 Å². The van der Waals surface area contributed by atoms with Crippen LogP contribution in [0.2, 0.25) is 0 Å². The minimum atomic E-state index is -0.391. The quantitative estimate of drug-likeness (QED) is 0.452. The largest absolute Gasteiger partial charge is 0.247 e. The molecule has 0 bridgehead atoms. The molecule has 0 nitrogen and oxygen atoms in total. The first-order valence-corrected chi connectivity index (χ1v) is 3.53. The third kappa shape index (κ3) is 0.503. The third-order valence-corrected chi connectivity index (χ3v) is 2.55. The summed E-state index contributed by atoms with van der Waals surface area (Å²) in [6, 6.07) is 0. The summed E-state index contributed by atoms with van der Waals surface area (Å²) in [5.74, 6) is 1.01. The molecule has 2 atom stereocenters. The molecule has 0 heterocycles. The average Bonchev–Trinajstić information content (AvgIpc) is 2.46. The van der Waals surface area contributed by atoms with Crippen molar-refractivity contribution >= 4 is 0 Å². The van der Waals surface area contributed by atoms with Gasteiger partial charge < -0.3 is 0 Å². The zero-order valence-electron chi connectivity index (χ0n) is 4.94. The molecule has 1 heteroatoms. The fraction of sp³-hybridized carbons (Fsp3) is 1.00. The van der Waals surface area contributed by atoms with Gasteiger partial charge in [0, 0.05) is 0 Å². The molecule has 0 spiro atoms. The van der Waals surface area contributed by atoms with Crippen molar-refractivity contribution in [3.8, 4) is 0 Å². The van der Waals surface area contributed by atoms with Crippen LogP contribution in [0.15, 0.2) is 0 Å². The minimum absolute atomic E-state index is 0.391. The second-order valence-electron chi connectivity index (χ2n) is 3.06. The van der Waals surface area contributed by atoms with Crippen molar-refractivity contribution in [1.29, 1.82) is 0 Å². The van der Waals surface area contributed by atoms with Crippen LogP contribution in [0.4, 0.5) is 4.39 Å². The number of alkyl halides is 1. The predicted molar refractivity (Wildman–Crippen MR) is 30.3 cm³/mol. The fourth-order valence-corrected chi connectivity index (χ4v) is 1.90. The molecule has 0 aromatic rings. The molecular weight excluding hydrogens is 103 g/mol. The summed E-state index contributed by atoms with van der Waals surface area (Å²) in [5.41, 5.74) is 0. The van der Waals surface area contributed by atoms with E-state index >= 15 is 0 Å². The van der Waals surface area contributed by atoms with Crippen LogP contribution in [-0.4, -0.2) is 6.17 Å². The molecular formula is C7H11F. The molecule has 0 aromatic heterocycles. The van der Waals surface area contributed by atoms with Crippen LogP contribution >= 0.6 is 0 Å². The van der Waals surface area contributed by atoms with Crippen LogP contribution in [0.25, 0.3) is 0 Å². The van der Waals surface area contributed by atoms with E-state index in [9.17, 15) is 4.39 Å². The standard InChI is InChI=1S/C7H11F/c8-7-5-3-1-2-4-6(5)7/h5-7H,1-4H2/t5-,6-/m0/s1. The maximum absolute atomic E-state index is 12.5. The van der Waals surface area contributed by atoms with Gasteiger partial charge in [-0.15, -0.1) is 0 Å². The van der Waals surface area contributed by atoms with Crippen molar-refractivity contribution in [3.05, 3.63) is 0 Å². The van der Waals surface area contributed by atoms with Gasteiger partial charge >= 0.3 is 0 Å². The third-order valence-electron chi connectivity index (χ3n) is 2.55. The summed E-state index contributed by atoms with van der Waals surface area (Å²) in [4.78, 5) is 0. The van der Waals surface area contributed by atoms with Gasteiger partial charge in [-0.05, 0) is 24.7 Å². The van der Waals surface area contributed by atoms with Crippen molar-refractivity contribution in [2.45, 2.75) is 31.9 Å². The van der Waals surface area contributed by atoms with E-state index in [-0.39, 0.29) is 0 Å². The number of fused-ring (bicyclic) bond motifs is 1. The van der Waals surface area contributed by atoms with Gasteiger partial charge in [-0.2, -0.15) is 0 Å². The van der Waals surface area contributed by atoms with Crippen molar-refractivity contribution < 1.29 is 4.39 Å². The zero-order chi connectivity index (χ0) is 5.56. The second-order valence-corrected chi connectivity index (χ2v) is 3.06. The molecule has 8 heavy (non-hydrogen) atoms. The van der Waals surface area contributed by atoms with Crippen molar-refractivity contribution in [3.63, 3.8) is 0 Å². The molecule has 2 aliphatic carbocycles. The Morgan fingerprint density at radius 1 is 1.00 bits per heavy atom. The molecule has 0 saturated heterocycles. The first kappa shape index (κ1) is 4.78. The number of hydrogen-bond acceptors (Lipinski definition) is 0. The molecule has 2 aliphatic rings. The molecule has 0 aromatic carbocycles. The topological polar surface area (TPSA) is 0 Å². The molecule has 0 unspecified atom stereocenters. The lowest BCUT2D eigenvalue weighted by molar-refractivity contribution is 0.431. The van der Waals surface area contributed by atoms with Gasteiger partial charge in [-0.3, -0.25) is 0 Å². The molecule has 0 N–H and O–H groups in total. The minimum Gasteiger partial charge on any atom is -0.247 e. The Morgan fingerprint density at radius 3 is 1.88 bits per heavy atom. The Morgan fingerprint density at radius 2 is 1.50 bits per heavy atom. The number of halogens is 1. The van der Waals surface area contributed by atoms with E-state index in [2.05, 4.69) is 0 Å². The monoisotopic (exact) mass is 114 g/mol. The molecule has 46 valence electrons. The van der Waals surface area contributed by atoms with E-state index in [1.807, 2.05) is 0 Å². The van der Waals surface area contributed by atoms with Crippen LogP contribution in [0.3, 0.4) is 0 Å². The summed E-state index contributed by atoms with van der Waals surface area (Å²) < 4.78 is 12.5. The van der Waals surface area contributed by atoms with Crippen molar-refractivity contribution in [2.75, 3.05) is 0 Å². The first-order valence-electron chi connectivity index (χ1n) is 3.53. The Labute approximate surface area is 49.1 Å². The first-order chi connectivity index (χ1) is 3.89. The van der Waals surface area contributed by atoms with Crippen molar-refractivity contribution in [2.24, 2.45) is 11.8 Å². The van der Waals surface area contributed by atoms with Crippen molar-refractivity contribution in [1.82, 2.24) is 0 Å². The van der Waals surface area contributed by atoms with Gasteiger partial charge in [-0.25, -0.2) is 4.39 Å². The van der Waals surface area contributed by atoms with E-state index in [0.717, 1.165) is 0 Å². The second kappa shape index (κ2) is 1.46. The Balaban J connectivity index is 1.97. The van der Waals surface area contributed by atoms with E-state index in [1.165, 1.54) is 25.7 Å². The smallest absolute Gasteiger partial charge is 0.106 e. The Kier molecular flexibility index (Phi) is 0.870. The number of hydrogen-bond donors (Lipinski definition) is 0. The molecule has 0 radical (unpaired) electrons. The van der Waals surface area contributed by atoms with E-state index < -0.39 is 6.17 Å². The summed E-state index contributed by atoms with van der Waals surface area (Å²) in [6.45, 7) is 0. The van der Waals surface area contributed by atoms with E-state index in [4.69, 9.17) is 0 Å². The highest BCUT2D eigenvalue weighted by atomic mass is 19.1. The fourth-order valence-electron chi connectivity index (χ4n) is 1.90. The molecule has 0 aliphatic heterocycles. The zero-order valence-corrected chi connectivity index (χ0v) is 4.94. The number of rotatable bonds is 0. The lowest BCUT2D eigenvalue weighted by Crippen LogP contribution is -1.91. The molecule has 0 amide bonds. The van der Waals surface area contributed by atoms with Crippen LogP contribution < -0.4 is 0 Å². The summed E-state index contributed by atoms with van der Waals surface area (Å²) >= 11 is 0. The van der Waals surface area contributed by atoms with Gasteiger partial charge in [-0.1, -0.05) is 12.8 Å². The highest BCUT2D eigenvalue weighted by Crippen LogP contribution is 2.51. The Bertz CT molecular complexity index is 88.6. The predicted octanol–water partition coefficient (Wildman–Crippen LogP) is 2.14. The molecule has 2 fully saturated rings. The maximum Gasteiger partial charge on any atom is 0.106 e. The molecule has 2 rings (SSSR count).